The van der Waals surface area contributed by atoms with Crippen molar-refractivity contribution in [2.24, 2.45) is 5.10 Å². The average molecular weight is 437 g/mol. The summed E-state index contributed by atoms with van der Waals surface area (Å²) in [4.78, 5) is 24.2. The highest BCUT2D eigenvalue weighted by Crippen LogP contribution is 2.19. The fraction of sp³-hybridized carbons (Fsp3) is 0.0455. The van der Waals surface area contributed by atoms with Crippen LogP contribution >= 0.6 is 15.9 Å². The number of nitrogens with zero attached hydrogens (tertiary/aromatic N) is 1. The molecule has 3 rings (SSSR count). The Morgan fingerprint density at radius 2 is 1.64 bits per heavy atom. The van der Waals surface area contributed by atoms with Crippen molar-refractivity contribution in [1.82, 2.24) is 5.43 Å². The lowest BCUT2D eigenvalue weighted by molar-refractivity contribution is 0.0733. The molecule has 0 aliphatic carbocycles. The molecule has 0 fully saturated rings. The van der Waals surface area contributed by atoms with Gasteiger partial charge in [0.25, 0.3) is 5.91 Å². The van der Waals surface area contributed by atoms with E-state index < -0.39 is 5.97 Å². The summed E-state index contributed by atoms with van der Waals surface area (Å²) < 4.78 is 6.04. The molecule has 0 unspecified atom stereocenters. The minimum Gasteiger partial charge on any atom is -0.423 e. The molecule has 6 heteroatoms. The quantitative estimate of drug-likeness (QED) is 0.271. The Balaban J connectivity index is 1.57. The highest BCUT2D eigenvalue weighted by Gasteiger charge is 2.11. The van der Waals surface area contributed by atoms with Crippen LogP contribution in [0.1, 0.15) is 31.8 Å². The number of hydrazone groups is 1. The number of esters is 1. The number of halogens is 1. The molecule has 28 heavy (non-hydrogen) atoms. The van der Waals surface area contributed by atoms with Crippen molar-refractivity contribution in [2.45, 2.75) is 6.92 Å². The van der Waals surface area contributed by atoms with Crippen LogP contribution in [0.4, 0.5) is 0 Å². The van der Waals surface area contributed by atoms with Gasteiger partial charge in [0.15, 0.2) is 0 Å². The van der Waals surface area contributed by atoms with Gasteiger partial charge in [0.05, 0.1) is 11.8 Å². The first kappa shape index (κ1) is 19.5. The standard InChI is InChI=1S/C22H17BrN2O3/c1-15-6-10-17(11-7-15)21(26)25-24-14-16-8-12-18(13-9-16)28-22(27)19-4-2-3-5-20(19)23/h2-14H,1H3,(H,25,26)/b24-14+. The van der Waals surface area contributed by atoms with Crippen LogP contribution in [-0.4, -0.2) is 18.1 Å². The van der Waals surface area contributed by atoms with Crippen molar-refractivity contribution in [3.8, 4) is 5.75 Å². The van der Waals surface area contributed by atoms with Gasteiger partial charge in [0.2, 0.25) is 0 Å². The topological polar surface area (TPSA) is 67.8 Å². The molecule has 1 amide bonds. The van der Waals surface area contributed by atoms with Gasteiger partial charge in [-0.25, -0.2) is 10.2 Å². The van der Waals surface area contributed by atoms with Crippen molar-refractivity contribution in [3.05, 3.63) is 99.5 Å². The maximum absolute atomic E-state index is 12.2. The van der Waals surface area contributed by atoms with E-state index in [1.807, 2.05) is 25.1 Å². The minimum absolute atomic E-state index is 0.282. The van der Waals surface area contributed by atoms with Crippen LogP contribution in [-0.2, 0) is 0 Å². The summed E-state index contributed by atoms with van der Waals surface area (Å²) in [6.45, 7) is 1.96. The van der Waals surface area contributed by atoms with Gasteiger partial charge in [0.1, 0.15) is 5.75 Å². The van der Waals surface area contributed by atoms with Crippen molar-refractivity contribution >= 4 is 34.0 Å². The Morgan fingerprint density at radius 1 is 0.964 bits per heavy atom. The Labute approximate surface area is 171 Å². The second-order valence-electron chi connectivity index (χ2n) is 6.00. The third-order valence-electron chi connectivity index (χ3n) is 3.88. The summed E-state index contributed by atoms with van der Waals surface area (Å²) >= 11 is 3.33. The van der Waals surface area contributed by atoms with Gasteiger partial charge in [-0.15, -0.1) is 0 Å². The summed E-state index contributed by atoms with van der Waals surface area (Å²) in [5, 5.41) is 3.95. The molecule has 0 radical (unpaired) electrons. The van der Waals surface area contributed by atoms with E-state index in [9.17, 15) is 9.59 Å². The van der Waals surface area contributed by atoms with Crippen molar-refractivity contribution < 1.29 is 14.3 Å². The molecule has 0 atom stereocenters. The molecule has 0 saturated heterocycles. The predicted octanol–water partition coefficient (Wildman–Crippen LogP) is 4.74. The predicted molar refractivity (Wildman–Crippen MR) is 112 cm³/mol. The molecular weight excluding hydrogens is 420 g/mol. The van der Waals surface area contributed by atoms with Crippen molar-refractivity contribution in [1.29, 1.82) is 0 Å². The number of hydrogen-bond acceptors (Lipinski definition) is 4. The van der Waals surface area contributed by atoms with Gasteiger partial charge in [-0.3, -0.25) is 4.79 Å². The van der Waals surface area contributed by atoms with Gasteiger partial charge in [-0.1, -0.05) is 29.8 Å². The largest absolute Gasteiger partial charge is 0.423 e. The van der Waals surface area contributed by atoms with E-state index >= 15 is 0 Å². The summed E-state index contributed by atoms with van der Waals surface area (Å²) in [6.07, 6.45) is 1.52. The monoisotopic (exact) mass is 436 g/mol. The Hall–Kier alpha value is -3.25. The maximum Gasteiger partial charge on any atom is 0.344 e. The highest BCUT2D eigenvalue weighted by molar-refractivity contribution is 9.10. The van der Waals surface area contributed by atoms with Crippen LogP contribution < -0.4 is 10.2 Å². The van der Waals surface area contributed by atoms with Crippen LogP contribution in [0.3, 0.4) is 0 Å². The van der Waals surface area contributed by atoms with Crippen molar-refractivity contribution in [2.75, 3.05) is 0 Å². The molecule has 0 heterocycles. The number of carbonyl (C=O) groups excluding carboxylic acids is 2. The number of hydrogen-bond donors (Lipinski definition) is 1. The molecule has 0 aromatic heterocycles. The maximum atomic E-state index is 12.2. The lowest BCUT2D eigenvalue weighted by Crippen LogP contribution is -2.17. The third kappa shape index (κ3) is 5.14. The fourth-order valence-corrected chi connectivity index (χ4v) is 2.79. The van der Waals surface area contributed by atoms with Gasteiger partial charge in [-0.2, -0.15) is 5.10 Å². The Morgan fingerprint density at radius 3 is 2.32 bits per heavy atom. The van der Waals surface area contributed by atoms with E-state index in [-0.39, 0.29) is 5.91 Å². The van der Waals surface area contributed by atoms with Gasteiger partial charge < -0.3 is 4.74 Å². The number of amides is 1. The zero-order valence-corrected chi connectivity index (χ0v) is 16.6. The van der Waals surface area contributed by atoms with E-state index in [2.05, 4.69) is 26.5 Å². The number of rotatable bonds is 5. The van der Waals surface area contributed by atoms with Gasteiger partial charge in [-0.05, 0) is 76.9 Å². The molecule has 1 N–H and O–H groups in total. The van der Waals surface area contributed by atoms with Crippen LogP contribution in [0.15, 0.2) is 82.4 Å². The number of nitrogens with one attached hydrogen (secondary N) is 1. The minimum atomic E-state index is -0.445. The smallest absolute Gasteiger partial charge is 0.344 e. The van der Waals surface area contributed by atoms with Crippen LogP contribution in [0, 0.1) is 6.92 Å². The van der Waals surface area contributed by atoms with E-state index in [4.69, 9.17) is 4.74 Å². The molecular formula is C22H17BrN2O3. The summed E-state index contributed by atoms with van der Waals surface area (Å²) in [5.41, 5.74) is 5.31. The molecule has 0 aliphatic rings. The lowest BCUT2D eigenvalue weighted by atomic mass is 10.1. The number of ether oxygens (including phenoxy) is 1. The Bertz CT molecular complexity index is 1010. The molecule has 0 saturated carbocycles. The fourth-order valence-electron chi connectivity index (χ4n) is 2.35. The molecule has 0 aliphatic heterocycles. The first-order chi connectivity index (χ1) is 13.5. The average Bonchev–Trinajstić information content (AvgIpc) is 2.70. The molecule has 5 nitrogen and oxygen atoms in total. The normalized spacial score (nSPS) is 10.6. The molecule has 0 bridgehead atoms. The van der Waals surface area contributed by atoms with Crippen LogP contribution in [0.2, 0.25) is 0 Å². The van der Waals surface area contributed by atoms with E-state index in [1.165, 1.54) is 6.21 Å². The number of aryl methyl sites for hydroxylation is 1. The van der Waals surface area contributed by atoms with E-state index in [1.54, 1.807) is 54.6 Å². The lowest BCUT2D eigenvalue weighted by Gasteiger charge is -2.06. The van der Waals surface area contributed by atoms with Gasteiger partial charge in [0, 0.05) is 10.0 Å². The zero-order chi connectivity index (χ0) is 19.9. The van der Waals surface area contributed by atoms with E-state index in [0.717, 1.165) is 11.1 Å². The highest BCUT2D eigenvalue weighted by atomic mass is 79.9. The first-order valence-corrected chi connectivity index (χ1v) is 9.29. The second kappa shape index (κ2) is 9.10. The molecule has 3 aromatic rings. The number of benzene rings is 3. The molecule has 3 aromatic carbocycles. The third-order valence-corrected chi connectivity index (χ3v) is 4.57. The molecule has 140 valence electrons. The SMILES string of the molecule is Cc1ccc(C(=O)N/N=C/c2ccc(OC(=O)c3ccccc3Br)cc2)cc1. The summed E-state index contributed by atoms with van der Waals surface area (Å²) in [7, 11) is 0. The van der Waals surface area contributed by atoms with Crippen molar-refractivity contribution in [3.63, 3.8) is 0 Å². The number of carbonyl (C=O) groups is 2. The Kier molecular flexibility index (Phi) is 6.34. The first-order valence-electron chi connectivity index (χ1n) is 8.50. The summed E-state index contributed by atoms with van der Waals surface area (Å²) in [6, 6.07) is 21.1. The van der Waals surface area contributed by atoms with Gasteiger partial charge >= 0.3 is 5.97 Å². The van der Waals surface area contributed by atoms with Crippen LogP contribution in [0.25, 0.3) is 0 Å². The molecule has 0 spiro atoms. The van der Waals surface area contributed by atoms with E-state index in [0.29, 0.717) is 21.3 Å². The van der Waals surface area contributed by atoms with Crippen LogP contribution in [0.5, 0.6) is 5.75 Å². The zero-order valence-electron chi connectivity index (χ0n) is 15.1. The second-order valence-corrected chi connectivity index (χ2v) is 6.86. The summed E-state index contributed by atoms with van der Waals surface area (Å²) in [5.74, 6) is -0.309.